The monoisotopic (exact) mass is 594 g/mol. The molecule has 2 bridgehead atoms. The number of carbonyl (C=O) groups is 3. The van der Waals surface area contributed by atoms with Gasteiger partial charge in [-0.3, -0.25) is 9.59 Å². The van der Waals surface area contributed by atoms with Crippen LogP contribution in [0, 0.1) is 52.3 Å². The zero-order valence-corrected chi connectivity index (χ0v) is 24.4. The van der Waals surface area contributed by atoms with Crippen LogP contribution in [0.1, 0.15) is 86.6 Å². The maximum Gasteiger partial charge on any atom is 0.341 e. The Labute approximate surface area is 250 Å². The average Bonchev–Trinajstić information content (AvgIpc) is 3.63. The van der Waals surface area contributed by atoms with Crippen LogP contribution < -0.4 is 20.1 Å². The Morgan fingerprint density at radius 1 is 1.02 bits per heavy atom. The number of carboxylic acids is 1. The van der Waals surface area contributed by atoms with Crippen LogP contribution in [0.15, 0.2) is 12.1 Å². The van der Waals surface area contributed by atoms with Crippen molar-refractivity contribution >= 4 is 17.8 Å². The third-order valence-corrected chi connectivity index (χ3v) is 10.2. The highest BCUT2D eigenvalue weighted by molar-refractivity contribution is 5.98. The Morgan fingerprint density at radius 3 is 2.35 bits per heavy atom. The summed E-state index contributed by atoms with van der Waals surface area (Å²) in [5.41, 5.74) is -1.98. The zero-order chi connectivity index (χ0) is 30.7. The van der Waals surface area contributed by atoms with Gasteiger partial charge < -0.3 is 25.2 Å². The molecule has 5 rings (SSSR count). The number of methoxy groups -OCH3 is 1. The second-order valence-corrected chi connectivity index (χ2v) is 12.7. The van der Waals surface area contributed by atoms with E-state index in [9.17, 15) is 29.1 Å². The molecule has 0 radical (unpaired) electrons. The van der Waals surface area contributed by atoms with E-state index in [1.54, 1.807) is 0 Å². The molecule has 1 aromatic rings. The molecule has 230 valence electrons. The van der Waals surface area contributed by atoms with Gasteiger partial charge in [-0.25, -0.2) is 9.18 Å². The summed E-state index contributed by atoms with van der Waals surface area (Å²) in [5.74, 6) is -1.11. The van der Waals surface area contributed by atoms with Crippen molar-refractivity contribution in [2.75, 3.05) is 13.7 Å². The molecule has 0 aromatic heterocycles. The lowest BCUT2D eigenvalue weighted by molar-refractivity contribution is -0.154. The molecule has 4 fully saturated rings. The maximum atomic E-state index is 14.5. The molecule has 0 saturated heterocycles. The van der Waals surface area contributed by atoms with E-state index in [1.165, 1.54) is 19.2 Å². The van der Waals surface area contributed by atoms with E-state index in [0.29, 0.717) is 12.5 Å². The van der Waals surface area contributed by atoms with Crippen molar-refractivity contribution in [1.82, 2.24) is 10.6 Å². The van der Waals surface area contributed by atoms with Gasteiger partial charge in [0.2, 0.25) is 11.6 Å². The minimum atomic E-state index is -2.29. The van der Waals surface area contributed by atoms with Crippen LogP contribution in [-0.4, -0.2) is 54.4 Å². The molecule has 0 heterocycles. The average molecular weight is 595 g/mol. The first-order valence-electron chi connectivity index (χ1n) is 15.3. The predicted octanol–water partition coefficient (Wildman–Crippen LogP) is 4.27. The number of benzene rings is 1. The number of nitrogens with one attached hydrogen (secondary N) is 2. The van der Waals surface area contributed by atoms with Gasteiger partial charge in [-0.1, -0.05) is 0 Å². The summed E-state index contributed by atoms with van der Waals surface area (Å²) in [7, 11) is 1.40. The molecule has 3 N–H and O–H groups in total. The Hall–Kier alpha value is -3.86. The number of halogens is 1. The summed E-state index contributed by atoms with van der Waals surface area (Å²) in [4.78, 5) is 38.4. The number of fused-ring (bicyclic) bond motifs is 2. The summed E-state index contributed by atoms with van der Waals surface area (Å²) in [6.45, 7) is 0.576. The number of ether oxygens (including phenoxy) is 2. The van der Waals surface area contributed by atoms with Gasteiger partial charge >= 0.3 is 5.97 Å². The second kappa shape index (κ2) is 12.8. The number of alkyl halides is 1. The Morgan fingerprint density at radius 2 is 1.72 bits per heavy atom. The number of carboxylic acid groups (broad SMARTS) is 1. The largest absolute Gasteiger partial charge is 0.496 e. The lowest BCUT2D eigenvalue weighted by Gasteiger charge is -2.32. The highest BCUT2D eigenvalue weighted by atomic mass is 19.1. The Bertz CT molecular complexity index is 1320. The van der Waals surface area contributed by atoms with E-state index in [2.05, 4.69) is 22.8 Å². The number of nitrogens with zero attached hydrogens (tertiary/aromatic N) is 2. The number of amides is 2. The van der Waals surface area contributed by atoms with Gasteiger partial charge in [0.1, 0.15) is 17.6 Å². The second-order valence-electron chi connectivity index (χ2n) is 12.7. The lowest BCUT2D eigenvalue weighted by Crippen LogP contribution is -2.50. The number of rotatable bonds is 9. The molecule has 2 amide bonds. The number of hydrogen-bond acceptors (Lipinski definition) is 7. The van der Waals surface area contributed by atoms with Gasteiger partial charge in [0.05, 0.1) is 36.3 Å². The molecule has 4 saturated carbocycles. The molecule has 1 aromatic carbocycles. The fraction of sp³-hybridized carbons (Fsp3) is 0.656. The minimum absolute atomic E-state index is 0.0432. The number of hydrogen-bond donors (Lipinski definition) is 3. The van der Waals surface area contributed by atoms with Crippen LogP contribution in [0.4, 0.5) is 4.39 Å². The summed E-state index contributed by atoms with van der Waals surface area (Å²) in [6, 6.07) is 6.93. The van der Waals surface area contributed by atoms with E-state index >= 15 is 0 Å². The first-order valence-corrected chi connectivity index (χ1v) is 15.3. The Balaban J connectivity index is 1.27. The lowest BCUT2D eigenvalue weighted by atomic mass is 9.81. The quantitative estimate of drug-likeness (QED) is 0.382. The molecule has 4 aliphatic rings. The van der Waals surface area contributed by atoms with Gasteiger partial charge in [-0.2, -0.15) is 10.5 Å². The Kier molecular flexibility index (Phi) is 9.10. The minimum Gasteiger partial charge on any atom is -0.496 e. The number of carbonyl (C=O) groups excluding carboxylic acids is 2. The number of nitriles is 2. The van der Waals surface area contributed by atoms with E-state index in [4.69, 9.17) is 14.7 Å². The SMILES string of the molecule is COc1cc(C#N)c(OC2CCC(F)(C(=O)O)CC2)cc1C(=O)N[C@@H]1[C@H]2CC[C@H](C2)[C@@H]1C(=O)NCC1CCC(C#N)CC1. The van der Waals surface area contributed by atoms with Crippen LogP contribution >= 0.6 is 0 Å². The van der Waals surface area contributed by atoms with Crippen LogP contribution in [0.5, 0.6) is 11.5 Å². The van der Waals surface area contributed by atoms with Crippen molar-refractivity contribution in [2.45, 2.75) is 88.4 Å². The third kappa shape index (κ3) is 6.41. The van der Waals surface area contributed by atoms with Crippen LogP contribution in [-0.2, 0) is 9.59 Å². The molecule has 0 spiro atoms. The van der Waals surface area contributed by atoms with Gasteiger partial charge in [0.25, 0.3) is 5.91 Å². The van der Waals surface area contributed by atoms with Gasteiger partial charge in [-0.15, -0.1) is 0 Å². The molecule has 0 unspecified atom stereocenters. The molecule has 43 heavy (non-hydrogen) atoms. The molecule has 10 nitrogen and oxygen atoms in total. The van der Waals surface area contributed by atoms with Gasteiger partial charge in [0.15, 0.2) is 0 Å². The normalized spacial score (nSPS) is 33.1. The zero-order valence-electron chi connectivity index (χ0n) is 24.4. The van der Waals surface area contributed by atoms with E-state index in [0.717, 1.165) is 44.9 Å². The van der Waals surface area contributed by atoms with Crippen molar-refractivity contribution < 1.29 is 33.4 Å². The fourth-order valence-electron chi connectivity index (χ4n) is 7.62. The summed E-state index contributed by atoms with van der Waals surface area (Å²) in [5, 5.41) is 34.3. The topological polar surface area (TPSA) is 162 Å². The molecular formula is C32H39FN4O6. The van der Waals surface area contributed by atoms with Crippen LogP contribution in [0.25, 0.3) is 0 Å². The predicted molar refractivity (Wildman–Crippen MR) is 152 cm³/mol. The van der Waals surface area contributed by atoms with E-state index < -0.39 is 23.6 Å². The standard InChI is InChI=1S/C32H39FN4O6/c1-42-26-13-22(16-35)25(43-23-8-10-32(33,11-9-23)31(40)41)14-24(26)29(38)37-28-21-7-6-20(12-21)27(28)30(39)36-17-19-4-2-18(15-34)3-5-19/h13-14,18-21,23,27-28H,2-12,17H2,1H3,(H,36,39)(H,37,38)(H,40,41)/t18?,19?,20-,21+,23?,27+,28-,32?/m1/s1. The number of aliphatic carboxylic acids is 1. The van der Waals surface area contributed by atoms with Crippen molar-refractivity contribution in [2.24, 2.45) is 29.6 Å². The van der Waals surface area contributed by atoms with Gasteiger partial charge in [-0.05, 0) is 94.4 Å². The maximum absolute atomic E-state index is 14.5. The molecule has 0 aliphatic heterocycles. The van der Waals surface area contributed by atoms with Crippen molar-refractivity contribution in [1.29, 1.82) is 10.5 Å². The van der Waals surface area contributed by atoms with Gasteiger partial charge in [0, 0.05) is 24.6 Å². The van der Waals surface area contributed by atoms with Crippen molar-refractivity contribution in [3.63, 3.8) is 0 Å². The van der Waals surface area contributed by atoms with Crippen LogP contribution in [0.3, 0.4) is 0 Å². The highest BCUT2D eigenvalue weighted by Gasteiger charge is 2.51. The summed E-state index contributed by atoms with van der Waals surface area (Å²) in [6.07, 6.45) is 5.74. The molecular weight excluding hydrogens is 555 g/mol. The van der Waals surface area contributed by atoms with E-state index in [-0.39, 0.29) is 83.9 Å². The molecule has 4 atom stereocenters. The first kappa shape index (κ1) is 30.6. The fourth-order valence-corrected chi connectivity index (χ4v) is 7.62. The highest BCUT2D eigenvalue weighted by Crippen LogP contribution is 2.49. The molecule has 4 aliphatic carbocycles. The third-order valence-electron chi connectivity index (χ3n) is 10.2. The first-order chi connectivity index (χ1) is 20.6. The summed E-state index contributed by atoms with van der Waals surface area (Å²) >= 11 is 0. The smallest absolute Gasteiger partial charge is 0.341 e. The molecule has 11 heteroatoms. The van der Waals surface area contributed by atoms with Crippen molar-refractivity contribution in [3.8, 4) is 23.6 Å². The van der Waals surface area contributed by atoms with Crippen molar-refractivity contribution in [3.05, 3.63) is 23.3 Å². The van der Waals surface area contributed by atoms with E-state index in [1.807, 2.05) is 0 Å². The summed E-state index contributed by atoms with van der Waals surface area (Å²) < 4.78 is 26.0. The van der Waals surface area contributed by atoms with Crippen LogP contribution in [0.2, 0.25) is 0 Å².